The lowest BCUT2D eigenvalue weighted by atomic mass is 9.98. The number of carboxylic acid groups (broad SMARTS) is 1. The first-order chi connectivity index (χ1) is 19.6. The molecule has 5 rings (SSSR count). The summed E-state index contributed by atoms with van der Waals surface area (Å²) < 4.78 is 67.3. The van der Waals surface area contributed by atoms with Gasteiger partial charge in [0.2, 0.25) is 11.1 Å². The Balaban J connectivity index is 1.57. The average Bonchev–Trinajstić information content (AvgIpc) is 3.34. The summed E-state index contributed by atoms with van der Waals surface area (Å²) in [6.45, 7) is 1.97. The molecule has 3 heterocycles. The van der Waals surface area contributed by atoms with Crippen LogP contribution in [-0.4, -0.2) is 62.3 Å². The number of hydrogen-bond donors (Lipinski definition) is 1. The number of carbonyl (C=O) groups is 1. The number of fused-ring (bicyclic) bond motifs is 1. The van der Waals surface area contributed by atoms with Gasteiger partial charge < -0.3 is 29.3 Å². The number of alkyl halides is 3. The summed E-state index contributed by atoms with van der Waals surface area (Å²) in [6, 6.07) is 9.97. The molecule has 218 valence electrons. The van der Waals surface area contributed by atoms with Crippen molar-refractivity contribution in [2.24, 2.45) is 4.99 Å². The summed E-state index contributed by atoms with van der Waals surface area (Å²) in [5.41, 5.74) is 0.639. The number of halogens is 4. The minimum absolute atomic E-state index is 0.0146. The van der Waals surface area contributed by atoms with Gasteiger partial charge >= 0.3 is 12.1 Å². The number of rotatable bonds is 7. The minimum atomic E-state index is -4.63. The molecule has 2 aromatic carbocycles. The summed E-state index contributed by atoms with van der Waals surface area (Å²) in [6.07, 6.45) is -4.90. The van der Waals surface area contributed by atoms with Crippen LogP contribution in [0.5, 0.6) is 11.5 Å². The van der Waals surface area contributed by atoms with Crippen LogP contribution < -0.4 is 19.3 Å². The third kappa shape index (κ3) is 5.76. The van der Waals surface area contributed by atoms with E-state index in [-0.39, 0.29) is 35.9 Å². The molecule has 1 atom stereocenters. The van der Waals surface area contributed by atoms with Gasteiger partial charge in [-0.2, -0.15) is 17.6 Å². The highest BCUT2D eigenvalue weighted by Gasteiger charge is 2.40. The fourth-order valence-corrected chi connectivity index (χ4v) is 5.96. The Hall–Kier alpha value is -4.00. The smallest absolute Gasteiger partial charge is 0.416 e. The fourth-order valence-electron chi connectivity index (χ4n) is 5.19. The van der Waals surface area contributed by atoms with E-state index in [9.17, 15) is 27.5 Å². The monoisotopic (exact) mass is 592 g/mol. The Morgan fingerprint density at radius 1 is 1.07 bits per heavy atom. The van der Waals surface area contributed by atoms with Crippen LogP contribution in [0, 0.1) is 5.13 Å². The number of piperazine rings is 1. The van der Waals surface area contributed by atoms with E-state index in [0.29, 0.717) is 37.5 Å². The van der Waals surface area contributed by atoms with E-state index in [4.69, 9.17) is 9.47 Å². The lowest BCUT2D eigenvalue weighted by Gasteiger charge is -2.45. The van der Waals surface area contributed by atoms with Gasteiger partial charge in [-0.1, -0.05) is 6.07 Å². The van der Waals surface area contributed by atoms with Gasteiger partial charge in [0, 0.05) is 55.3 Å². The predicted octanol–water partition coefficient (Wildman–Crippen LogP) is 6.16. The number of anilines is 2. The second kappa shape index (κ2) is 11.5. The molecular weight excluding hydrogens is 564 g/mol. The maximum atomic E-state index is 15.0. The average molecular weight is 593 g/mol. The first kappa shape index (κ1) is 28.5. The molecule has 0 bridgehead atoms. The molecule has 1 N–H and O–H groups in total. The molecule has 41 heavy (non-hydrogen) atoms. The summed E-state index contributed by atoms with van der Waals surface area (Å²) >= 11 is 0.825. The number of guanidine groups is 1. The molecule has 1 aromatic heterocycles. The van der Waals surface area contributed by atoms with E-state index in [0.717, 1.165) is 29.2 Å². The van der Waals surface area contributed by atoms with Gasteiger partial charge in [-0.3, -0.25) is 4.79 Å². The zero-order valence-electron chi connectivity index (χ0n) is 22.3. The Morgan fingerprint density at radius 2 is 1.80 bits per heavy atom. The van der Waals surface area contributed by atoms with Gasteiger partial charge in [0.1, 0.15) is 17.2 Å². The molecule has 1 fully saturated rings. The van der Waals surface area contributed by atoms with Gasteiger partial charge in [-0.05, 0) is 36.8 Å². The number of carboxylic acids is 1. The highest BCUT2D eigenvalue weighted by molar-refractivity contribution is 7.08. The van der Waals surface area contributed by atoms with E-state index in [1.807, 2.05) is 29.2 Å². The van der Waals surface area contributed by atoms with E-state index in [1.54, 1.807) is 17.4 Å². The molecule has 3 aromatic rings. The van der Waals surface area contributed by atoms with Crippen molar-refractivity contribution in [2.75, 3.05) is 50.2 Å². The number of hydrogen-bond acceptors (Lipinski definition) is 8. The maximum absolute atomic E-state index is 15.0. The highest BCUT2D eigenvalue weighted by Crippen LogP contribution is 2.48. The third-order valence-corrected chi connectivity index (χ3v) is 8.00. The van der Waals surface area contributed by atoms with Crippen molar-refractivity contribution >= 4 is 40.3 Å². The molecule has 0 aliphatic carbocycles. The highest BCUT2D eigenvalue weighted by atomic mass is 32.1. The van der Waals surface area contributed by atoms with E-state index >= 15 is 0 Å². The topological polar surface area (TPSA) is 77.8 Å². The summed E-state index contributed by atoms with van der Waals surface area (Å²) in [7, 11) is 2.94. The normalized spacial score (nSPS) is 17.3. The molecule has 0 spiro atoms. The minimum Gasteiger partial charge on any atom is -0.497 e. The lowest BCUT2D eigenvalue weighted by Crippen LogP contribution is -2.55. The van der Waals surface area contributed by atoms with Gasteiger partial charge in [0.05, 0.1) is 31.5 Å². The molecule has 13 heteroatoms. The van der Waals surface area contributed by atoms with E-state index < -0.39 is 28.9 Å². The van der Waals surface area contributed by atoms with Crippen molar-refractivity contribution in [2.45, 2.75) is 25.1 Å². The first-order valence-corrected chi connectivity index (χ1v) is 13.7. The Bertz CT molecular complexity index is 1450. The van der Waals surface area contributed by atoms with Crippen LogP contribution >= 0.6 is 11.3 Å². The number of ether oxygens (including phenoxy) is 2. The second-order valence-corrected chi connectivity index (χ2v) is 10.4. The number of methoxy groups -OCH3 is 2. The molecule has 2 aliphatic heterocycles. The van der Waals surface area contributed by atoms with Crippen LogP contribution in [0.3, 0.4) is 0 Å². The van der Waals surface area contributed by atoms with Crippen LogP contribution in [0.15, 0.2) is 52.8 Å². The molecule has 0 radical (unpaired) electrons. The zero-order chi connectivity index (χ0) is 29.3. The summed E-state index contributed by atoms with van der Waals surface area (Å²) in [4.78, 5) is 21.8. The number of thiophene rings is 1. The molecule has 0 amide bonds. The number of benzene rings is 2. The molecule has 1 unspecified atom stereocenters. The van der Waals surface area contributed by atoms with E-state index in [1.165, 1.54) is 13.2 Å². The third-order valence-electron chi connectivity index (χ3n) is 7.23. The predicted molar refractivity (Wildman–Crippen MR) is 148 cm³/mol. The Kier molecular flexibility index (Phi) is 7.98. The van der Waals surface area contributed by atoms with Crippen molar-refractivity contribution in [3.05, 3.63) is 64.1 Å². The van der Waals surface area contributed by atoms with Crippen molar-refractivity contribution in [1.82, 2.24) is 4.90 Å². The van der Waals surface area contributed by atoms with Gasteiger partial charge in [-0.15, -0.1) is 11.3 Å². The molecule has 8 nitrogen and oxygen atoms in total. The van der Waals surface area contributed by atoms with Crippen molar-refractivity contribution in [1.29, 1.82) is 0 Å². The Labute approximate surface area is 238 Å². The van der Waals surface area contributed by atoms with E-state index in [2.05, 4.69) is 9.89 Å². The van der Waals surface area contributed by atoms with Crippen LogP contribution in [0.25, 0.3) is 0 Å². The first-order valence-electron chi connectivity index (χ1n) is 12.9. The summed E-state index contributed by atoms with van der Waals surface area (Å²) in [5, 5.41) is 10.5. The Morgan fingerprint density at radius 3 is 2.46 bits per heavy atom. The molecular formula is C28H28F4N4O4S. The second-order valence-electron chi connectivity index (χ2n) is 9.60. The van der Waals surface area contributed by atoms with Crippen molar-refractivity contribution in [3.63, 3.8) is 0 Å². The van der Waals surface area contributed by atoms with Gasteiger partial charge in [-0.25, -0.2) is 4.99 Å². The number of aliphatic carboxylic acids is 1. The maximum Gasteiger partial charge on any atom is 0.416 e. The fraction of sp³-hybridized carbons (Fsp3) is 0.357. The molecule has 2 aliphatic rings. The number of aliphatic imine (C=N–C) groups is 1. The van der Waals surface area contributed by atoms with Crippen LogP contribution in [0.4, 0.5) is 34.6 Å². The number of nitrogens with zero attached hydrogens (tertiary/aromatic N) is 4. The van der Waals surface area contributed by atoms with Crippen LogP contribution in [-0.2, 0) is 11.0 Å². The van der Waals surface area contributed by atoms with Gasteiger partial charge in [0.25, 0.3) is 0 Å². The van der Waals surface area contributed by atoms with Crippen molar-refractivity contribution < 1.29 is 36.9 Å². The van der Waals surface area contributed by atoms with Crippen LogP contribution in [0.2, 0.25) is 0 Å². The lowest BCUT2D eigenvalue weighted by molar-refractivity contribution is -0.138. The molecule has 1 saturated heterocycles. The van der Waals surface area contributed by atoms with Crippen molar-refractivity contribution in [3.8, 4) is 11.5 Å². The standard InChI is InChI=1S/C28H28F4N4O4S/c1-39-19-5-3-4-18(15-19)34-10-12-35(13-11-34)27-33-25-20(16-41-26(25)29)21(7-9-24(37)38)36(27)22-14-17(28(30,31)32)6-8-23(22)40-2/h3-6,8,14-16,21H,7,9-13H2,1-2H3,(H,37,38). The van der Waals surface area contributed by atoms with Crippen LogP contribution in [0.1, 0.15) is 30.0 Å². The summed E-state index contributed by atoms with van der Waals surface area (Å²) in [5.74, 6) is 0.0357. The quantitative estimate of drug-likeness (QED) is 0.330. The largest absolute Gasteiger partial charge is 0.497 e. The SMILES string of the molecule is COc1cccc(N2CCN(C3=Nc4c(csc4F)C(CCC(=O)O)N3c3cc(C(F)(F)F)ccc3OC)CC2)c1. The molecule has 0 saturated carbocycles. The zero-order valence-corrected chi connectivity index (χ0v) is 23.1. The van der Waals surface area contributed by atoms with Gasteiger partial charge in [0.15, 0.2) is 0 Å².